The van der Waals surface area contributed by atoms with Crippen LogP contribution < -0.4 is 16.0 Å². The van der Waals surface area contributed by atoms with Crippen molar-refractivity contribution >= 4 is 5.82 Å². The fraction of sp³-hybridized carbons (Fsp3) is 0.333. The van der Waals surface area contributed by atoms with E-state index < -0.39 is 0 Å². The molecule has 0 spiro atoms. The van der Waals surface area contributed by atoms with E-state index in [1.54, 1.807) is 6.20 Å². The van der Waals surface area contributed by atoms with Crippen molar-refractivity contribution in [1.82, 2.24) is 9.97 Å². The fourth-order valence-corrected chi connectivity index (χ4v) is 0.817. The van der Waals surface area contributed by atoms with E-state index in [4.69, 9.17) is 10.6 Å². The standard InChI is InChI=1S/C9H14N4O/c1-7(2)3-4-14-9-6-11-5-8(12-9)13-10/h5-6H,1,3-4,10H2,2H3,(H,12,13). The number of rotatable bonds is 5. The van der Waals surface area contributed by atoms with Crippen LogP contribution in [0.25, 0.3) is 0 Å². The van der Waals surface area contributed by atoms with E-state index in [0.717, 1.165) is 12.0 Å². The summed E-state index contributed by atoms with van der Waals surface area (Å²) in [6, 6.07) is 0. The van der Waals surface area contributed by atoms with Gasteiger partial charge in [0.05, 0.1) is 19.0 Å². The zero-order chi connectivity index (χ0) is 10.4. The normalized spacial score (nSPS) is 9.57. The Bertz CT molecular complexity index is 313. The van der Waals surface area contributed by atoms with Crippen LogP contribution in [0.2, 0.25) is 0 Å². The molecule has 1 aromatic heterocycles. The van der Waals surface area contributed by atoms with Gasteiger partial charge in [-0.05, 0) is 6.92 Å². The van der Waals surface area contributed by atoms with E-state index in [1.807, 2.05) is 6.92 Å². The van der Waals surface area contributed by atoms with Crippen molar-refractivity contribution in [2.24, 2.45) is 5.84 Å². The second-order valence-electron chi connectivity index (χ2n) is 2.94. The third kappa shape index (κ3) is 3.40. The van der Waals surface area contributed by atoms with Crippen LogP contribution in [0, 0.1) is 0 Å². The maximum absolute atomic E-state index is 5.33. The minimum atomic E-state index is 0.460. The molecule has 0 fully saturated rings. The average molecular weight is 194 g/mol. The van der Waals surface area contributed by atoms with Crippen LogP contribution >= 0.6 is 0 Å². The first-order valence-electron chi connectivity index (χ1n) is 4.28. The summed E-state index contributed by atoms with van der Waals surface area (Å²) in [4.78, 5) is 7.94. The predicted octanol–water partition coefficient (Wildman–Crippen LogP) is 1.11. The van der Waals surface area contributed by atoms with Gasteiger partial charge in [-0.1, -0.05) is 5.57 Å². The van der Waals surface area contributed by atoms with E-state index in [9.17, 15) is 0 Å². The van der Waals surface area contributed by atoms with Crippen LogP contribution in [-0.2, 0) is 0 Å². The van der Waals surface area contributed by atoms with Gasteiger partial charge in [-0.3, -0.25) is 4.98 Å². The maximum Gasteiger partial charge on any atom is 0.234 e. The molecule has 76 valence electrons. The van der Waals surface area contributed by atoms with E-state index in [0.29, 0.717) is 18.3 Å². The largest absolute Gasteiger partial charge is 0.476 e. The van der Waals surface area contributed by atoms with Crippen molar-refractivity contribution in [1.29, 1.82) is 0 Å². The topological polar surface area (TPSA) is 73.1 Å². The first-order chi connectivity index (χ1) is 6.72. The summed E-state index contributed by atoms with van der Waals surface area (Å²) in [6.45, 7) is 6.28. The summed E-state index contributed by atoms with van der Waals surface area (Å²) in [7, 11) is 0. The third-order valence-electron chi connectivity index (χ3n) is 1.54. The molecule has 0 atom stereocenters. The van der Waals surface area contributed by atoms with Gasteiger partial charge in [-0.25, -0.2) is 5.84 Å². The van der Waals surface area contributed by atoms with E-state index in [2.05, 4.69) is 22.0 Å². The molecule has 14 heavy (non-hydrogen) atoms. The van der Waals surface area contributed by atoms with E-state index >= 15 is 0 Å². The maximum atomic E-state index is 5.33. The molecule has 0 aliphatic carbocycles. The Morgan fingerprint density at radius 2 is 2.43 bits per heavy atom. The Labute approximate surface area is 83.0 Å². The molecule has 1 aromatic rings. The molecule has 0 radical (unpaired) electrons. The lowest BCUT2D eigenvalue weighted by molar-refractivity contribution is 0.308. The number of nitrogens with zero attached hydrogens (tertiary/aromatic N) is 2. The Morgan fingerprint density at radius 3 is 3.07 bits per heavy atom. The van der Waals surface area contributed by atoms with Crippen molar-refractivity contribution in [2.75, 3.05) is 12.0 Å². The highest BCUT2D eigenvalue weighted by atomic mass is 16.5. The monoisotopic (exact) mass is 194 g/mol. The number of hydrogen-bond donors (Lipinski definition) is 2. The number of aromatic nitrogens is 2. The molecule has 0 unspecified atom stereocenters. The Hall–Kier alpha value is -1.62. The summed E-state index contributed by atoms with van der Waals surface area (Å²) in [5.74, 6) is 6.12. The van der Waals surface area contributed by atoms with Crippen molar-refractivity contribution in [2.45, 2.75) is 13.3 Å². The van der Waals surface area contributed by atoms with Gasteiger partial charge < -0.3 is 10.2 Å². The molecule has 0 bridgehead atoms. The molecular weight excluding hydrogens is 180 g/mol. The van der Waals surface area contributed by atoms with Crippen LogP contribution in [0.15, 0.2) is 24.5 Å². The molecule has 0 amide bonds. The fourth-order valence-electron chi connectivity index (χ4n) is 0.817. The Balaban J connectivity index is 2.46. The lowest BCUT2D eigenvalue weighted by Gasteiger charge is -2.05. The zero-order valence-electron chi connectivity index (χ0n) is 8.16. The minimum absolute atomic E-state index is 0.460. The summed E-state index contributed by atoms with van der Waals surface area (Å²) in [5.41, 5.74) is 3.47. The number of ether oxygens (including phenoxy) is 1. The predicted molar refractivity (Wildman–Crippen MR) is 54.8 cm³/mol. The van der Waals surface area contributed by atoms with Crippen molar-refractivity contribution in [3.8, 4) is 5.88 Å². The average Bonchev–Trinajstić information content (AvgIpc) is 2.18. The Kier molecular flexibility index (Phi) is 3.87. The zero-order valence-corrected chi connectivity index (χ0v) is 8.16. The van der Waals surface area contributed by atoms with Gasteiger partial charge in [-0.15, -0.1) is 6.58 Å². The van der Waals surface area contributed by atoms with E-state index in [1.165, 1.54) is 6.20 Å². The summed E-state index contributed by atoms with van der Waals surface area (Å²) in [5, 5.41) is 0. The molecule has 0 aliphatic rings. The molecule has 0 saturated heterocycles. The highest BCUT2D eigenvalue weighted by molar-refractivity contribution is 5.31. The number of nitrogens with one attached hydrogen (secondary N) is 1. The molecule has 0 saturated carbocycles. The van der Waals surface area contributed by atoms with Crippen molar-refractivity contribution in [3.05, 3.63) is 24.5 Å². The van der Waals surface area contributed by atoms with Crippen LogP contribution in [0.5, 0.6) is 5.88 Å². The minimum Gasteiger partial charge on any atom is -0.476 e. The molecule has 5 nitrogen and oxygen atoms in total. The first-order valence-corrected chi connectivity index (χ1v) is 4.28. The number of nitrogen functional groups attached to an aromatic ring is 1. The van der Waals surface area contributed by atoms with Gasteiger partial charge in [0.15, 0.2) is 5.82 Å². The lowest BCUT2D eigenvalue weighted by Crippen LogP contribution is -2.09. The van der Waals surface area contributed by atoms with E-state index in [-0.39, 0.29) is 0 Å². The number of anilines is 1. The van der Waals surface area contributed by atoms with Crippen LogP contribution in [0.3, 0.4) is 0 Å². The smallest absolute Gasteiger partial charge is 0.234 e. The van der Waals surface area contributed by atoms with Gasteiger partial charge in [0.2, 0.25) is 5.88 Å². The van der Waals surface area contributed by atoms with Crippen LogP contribution in [0.1, 0.15) is 13.3 Å². The second-order valence-corrected chi connectivity index (χ2v) is 2.94. The number of hydrogen-bond acceptors (Lipinski definition) is 5. The molecule has 0 aliphatic heterocycles. The van der Waals surface area contributed by atoms with Gasteiger partial charge in [-0.2, -0.15) is 4.98 Å². The van der Waals surface area contributed by atoms with Crippen LogP contribution in [0.4, 0.5) is 5.82 Å². The van der Waals surface area contributed by atoms with Crippen LogP contribution in [-0.4, -0.2) is 16.6 Å². The quantitative estimate of drug-likeness (QED) is 0.417. The van der Waals surface area contributed by atoms with Crippen molar-refractivity contribution in [3.63, 3.8) is 0 Å². The summed E-state index contributed by atoms with van der Waals surface area (Å²) in [6.07, 6.45) is 3.87. The summed E-state index contributed by atoms with van der Waals surface area (Å²) >= 11 is 0. The van der Waals surface area contributed by atoms with Gasteiger partial charge in [0.25, 0.3) is 0 Å². The number of nitrogens with two attached hydrogens (primary N) is 1. The van der Waals surface area contributed by atoms with Gasteiger partial charge in [0, 0.05) is 6.42 Å². The van der Waals surface area contributed by atoms with Gasteiger partial charge >= 0.3 is 0 Å². The number of hydrazine groups is 1. The highest BCUT2D eigenvalue weighted by Crippen LogP contribution is 2.08. The third-order valence-corrected chi connectivity index (χ3v) is 1.54. The van der Waals surface area contributed by atoms with Gasteiger partial charge in [0.1, 0.15) is 0 Å². The lowest BCUT2D eigenvalue weighted by atomic mass is 10.3. The molecule has 3 N–H and O–H groups in total. The molecule has 1 rings (SSSR count). The molecule has 0 aromatic carbocycles. The second kappa shape index (κ2) is 5.18. The molecular formula is C9H14N4O. The van der Waals surface area contributed by atoms with Crippen molar-refractivity contribution < 1.29 is 4.74 Å². The first kappa shape index (κ1) is 10.5. The highest BCUT2D eigenvalue weighted by Gasteiger charge is 1.97. The molecule has 5 heteroatoms. The SMILES string of the molecule is C=C(C)CCOc1cncc(NN)n1. The molecule has 1 heterocycles. The summed E-state index contributed by atoms with van der Waals surface area (Å²) < 4.78 is 5.33. The Morgan fingerprint density at radius 1 is 1.64 bits per heavy atom.